The van der Waals surface area contributed by atoms with Gasteiger partial charge in [-0.1, -0.05) is 11.6 Å². The van der Waals surface area contributed by atoms with Crippen molar-refractivity contribution in [2.24, 2.45) is 0 Å². The molecule has 0 saturated heterocycles. The van der Waals surface area contributed by atoms with Crippen LogP contribution in [0.2, 0.25) is 5.02 Å². The number of halogens is 1. The van der Waals surface area contributed by atoms with Gasteiger partial charge in [0.1, 0.15) is 0 Å². The van der Waals surface area contributed by atoms with Gasteiger partial charge >= 0.3 is 0 Å². The summed E-state index contributed by atoms with van der Waals surface area (Å²) in [7, 11) is 0. The van der Waals surface area contributed by atoms with Crippen LogP contribution in [0, 0.1) is 6.92 Å². The van der Waals surface area contributed by atoms with E-state index in [1.165, 1.54) is 0 Å². The number of hydrogen-bond acceptors (Lipinski definition) is 3. The van der Waals surface area contributed by atoms with Crippen molar-refractivity contribution in [1.29, 1.82) is 0 Å². The molecule has 0 amide bonds. The number of pyridine rings is 1. The molecule has 0 bridgehead atoms. The van der Waals surface area contributed by atoms with E-state index in [1.54, 1.807) is 23.0 Å². The van der Waals surface area contributed by atoms with E-state index >= 15 is 0 Å². The molecule has 0 aliphatic heterocycles. The van der Waals surface area contributed by atoms with Gasteiger partial charge in [0.25, 0.3) is 0 Å². The highest BCUT2D eigenvalue weighted by molar-refractivity contribution is 7.79. The van der Waals surface area contributed by atoms with Crippen molar-refractivity contribution < 1.29 is 0 Å². The van der Waals surface area contributed by atoms with E-state index in [4.69, 9.17) is 11.6 Å². The molecule has 0 saturated carbocycles. The fraction of sp³-hybridized carbons (Fsp3) is 0.200. The molecule has 2 heterocycles. The van der Waals surface area contributed by atoms with Crippen molar-refractivity contribution >= 4 is 24.2 Å². The second-order valence-corrected chi connectivity index (χ2v) is 3.88. The Morgan fingerprint density at radius 2 is 2.33 bits per heavy atom. The lowest BCUT2D eigenvalue weighted by atomic mass is 10.4. The molecule has 0 N–H and O–H groups in total. The standard InChI is InChI=1S/C10H10ClN3S/c1-7-5-8(6-15)13-14(7)10-9(11)3-2-4-12-10/h2-5,15H,6H2,1H3. The summed E-state index contributed by atoms with van der Waals surface area (Å²) in [5, 5.41) is 4.94. The Balaban J connectivity index is 2.54. The first-order chi connectivity index (χ1) is 7.22. The van der Waals surface area contributed by atoms with Crippen LogP contribution in [0.15, 0.2) is 24.4 Å². The fourth-order valence-electron chi connectivity index (χ4n) is 1.36. The summed E-state index contributed by atoms with van der Waals surface area (Å²) in [6.07, 6.45) is 1.70. The number of rotatable bonds is 2. The molecule has 0 aliphatic rings. The van der Waals surface area contributed by atoms with Gasteiger partial charge in [-0.25, -0.2) is 9.67 Å². The van der Waals surface area contributed by atoms with Gasteiger partial charge in [-0.05, 0) is 25.1 Å². The summed E-state index contributed by atoms with van der Waals surface area (Å²) in [4.78, 5) is 4.20. The highest BCUT2D eigenvalue weighted by atomic mass is 35.5. The van der Waals surface area contributed by atoms with Gasteiger partial charge < -0.3 is 0 Å². The summed E-state index contributed by atoms with van der Waals surface area (Å²) < 4.78 is 1.73. The van der Waals surface area contributed by atoms with Crippen LogP contribution >= 0.6 is 24.2 Å². The van der Waals surface area contributed by atoms with E-state index in [9.17, 15) is 0 Å². The number of thiol groups is 1. The summed E-state index contributed by atoms with van der Waals surface area (Å²) >= 11 is 10.2. The van der Waals surface area contributed by atoms with Crippen molar-refractivity contribution in [1.82, 2.24) is 14.8 Å². The average Bonchev–Trinajstić information content (AvgIpc) is 2.60. The zero-order valence-electron chi connectivity index (χ0n) is 8.18. The predicted molar refractivity (Wildman–Crippen MR) is 63.8 cm³/mol. The van der Waals surface area contributed by atoms with Crippen LogP contribution in [0.5, 0.6) is 0 Å². The molecule has 0 atom stereocenters. The van der Waals surface area contributed by atoms with Crippen molar-refractivity contribution in [2.75, 3.05) is 0 Å². The van der Waals surface area contributed by atoms with E-state index in [1.807, 2.05) is 13.0 Å². The van der Waals surface area contributed by atoms with Crippen LogP contribution in [-0.4, -0.2) is 14.8 Å². The van der Waals surface area contributed by atoms with Gasteiger partial charge in [0, 0.05) is 17.6 Å². The summed E-state index contributed by atoms with van der Waals surface area (Å²) in [5.41, 5.74) is 1.91. The molecule has 5 heteroatoms. The van der Waals surface area contributed by atoms with E-state index in [2.05, 4.69) is 22.7 Å². The van der Waals surface area contributed by atoms with Crippen molar-refractivity contribution in [3.63, 3.8) is 0 Å². The highest BCUT2D eigenvalue weighted by Gasteiger charge is 2.08. The third kappa shape index (κ3) is 2.01. The Kier molecular flexibility index (Phi) is 2.98. The van der Waals surface area contributed by atoms with E-state index in [-0.39, 0.29) is 0 Å². The largest absolute Gasteiger partial charge is 0.236 e. The van der Waals surface area contributed by atoms with Crippen LogP contribution in [0.1, 0.15) is 11.4 Å². The normalized spacial score (nSPS) is 10.6. The van der Waals surface area contributed by atoms with Crippen LogP contribution < -0.4 is 0 Å². The van der Waals surface area contributed by atoms with E-state index in [0.29, 0.717) is 16.6 Å². The number of nitrogens with zero attached hydrogens (tertiary/aromatic N) is 3. The third-order valence-corrected chi connectivity index (χ3v) is 2.66. The van der Waals surface area contributed by atoms with Gasteiger partial charge in [0.2, 0.25) is 0 Å². The van der Waals surface area contributed by atoms with Gasteiger partial charge in [-0.15, -0.1) is 0 Å². The Labute approximate surface area is 98.5 Å². The number of aryl methyl sites for hydroxylation is 1. The molecule has 0 aromatic carbocycles. The lowest BCUT2D eigenvalue weighted by molar-refractivity contribution is 0.805. The lowest BCUT2D eigenvalue weighted by Gasteiger charge is -2.04. The molecule has 3 nitrogen and oxygen atoms in total. The predicted octanol–water partition coefficient (Wildman–Crippen LogP) is 2.66. The molecule has 15 heavy (non-hydrogen) atoms. The smallest absolute Gasteiger partial charge is 0.172 e. The Morgan fingerprint density at radius 3 is 2.93 bits per heavy atom. The lowest BCUT2D eigenvalue weighted by Crippen LogP contribution is -2.02. The van der Waals surface area contributed by atoms with E-state index in [0.717, 1.165) is 11.4 Å². The molecule has 78 valence electrons. The van der Waals surface area contributed by atoms with E-state index < -0.39 is 0 Å². The fourth-order valence-corrected chi connectivity index (χ4v) is 1.72. The monoisotopic (exact) mass is 239 g/mol. The van der Waals surface area contributed by atoms with Gasteiger partial charge in [0.05, 0.1) is 10.7 Å². The molecular weight excluding hydrogens is 230 g/mol. The minimum absolute atomic E-state index is 0.592. The first-order valence-electron chi connectivity index (χ1n) is 4.49. The molecule has 0 spiro atoms. The van der Waals surface area contributed by atoms with Crippen molar-refractivity contribution in [3.05, 3.63) is 40.8 Å². The summed E-state index contributed by atoms with van der Waals surface area (Å²) in [6.45, 7) is 1.96. The Hall–Kier alpha value is -1.00. The molecule has 2 aromatic heterocycles. The van der Waals surface area contributed by atoms with Crippen LogP contribution in [0.4, 0.5) is 0 Å². The molecule has 2 rings (SSSR count). The maximum absolute atomic E-state index is 6.04. The molecule has 0 aliphatic carbocycles. The minimum Gasteiger partial charge on any atom is -0.236 e. The molecule has 2 aromatic rings. The average molecular weight is 240 g/mol. The Bertz CT molecular complexity index is 481. The first-order valence-corrected chi connectivity index (χ1v) is 5.50. The van der Waals surface area contributed by atoms with Gasteiger partial charge in [0.15, 0.2) is 5.82 Å². The van der Waals surface area contributed by atoms with Crippen LogP contribution in [0.3, 0.4) is 0 Å². The second-order valence-electron chi connectivity index (χ2n) is 3.16. The molecule has 0 fully saturated rings. The van der Waals surface area contributed by atoms with Crippen molar-refractivity contribution in [3.8, 4) is 5.82 Å². The van der Waals surface area contributed by atoms with Crippen molar-refractivity contribution in [2.45, 2.75) is 12.7 Å². The molecular formula is C10H10ClN3S. The third-order valence-electron chi connectivity index (χ3n) is 2.04. The van der Waals surface area contributed by atoms with Gasteiger partial charge in [-0.3, -0.25) is 0 Å². The quantitative estimate of drug-likeness (QED) is 0.817. The maximum atomic E-state index is 6.04. The number of hydrogen-bond donors (Lipinski definition) is 1. The minimum atomic E-state index is 0.592. The van der Waals surface area contributed by atoms with Gasteiger partial charge in [-0.2, -0.15) is 17.7 Å². The second kappa shape index (κ2) is 4.24. The Morgan fingerprint density at radius 1 is 1.53 bits per heavy atom. The number of aromatic nitrogens is 3. The summed E-state index contributed by atoms with van der Waals surface area (Å²) in [5.74, 6) is 1.27. The highest BCUT2D eigenvalue weighted by Crippen LogP contribution is 2.19. The van der Waals surface area contributed by atoms with Crippen LogP contribution in [0.25, 0.3) is 5.82 Å². The zero-order chi connectivity index (χ0) is 10.8. The molecule has 0 unspecified atom stereocenters. The topological polar surface area (TPSA) is 30.7 Å². The SMILES string of the molecule is Cc1cc(CS)nn1-c1ncccc1Cl. The zero-order valence-corrected chi connectivity index (χ0v) is 9.83. The maximum Gasteiger partial charge on any atom is 0.172 e. The first kappa shape index (κ1) is 10.5. The summed E-state index contributed by atoms with van der Waals surface area (Å²) in [6, 6.07) is 5.56. The molecule has 0 radical (unpaired) electrons. The van der Waals surface area contributed by atoms with Crippen LogP contribution in [-0.2, 0) is 5.75 Å².